The van der Waals surface area contributed by atoms with E-state index in [0.717, 1.165) is 29.8 Å². The maximum atomic E-state index is 12.6. The summed E-state index contributed by atoms with van der Waals surface area (Å²) in [6, 6.07) is 18.4. The van der Waals surface area contributed by atoms with Crippen LogP contribution in [0.25, 0.3) is 11.0 Å². The van der Waals surface area contributed by atoms with Crippen molar-refractivity contribution >= 4 is 16.9 Å². The van der Waals surface area contributed by atoms with E-state index in [4.69, 9.17) is 0 Å². The van der Waals surface area contributed by atoms with Crippen LogP contribution in [0, 0.1) is 6.92 Å². The Hall–Kier alpha value is -2.70. The number of hydrazine groups is 1. The number of aromatic nitrogens is 2. The third-order valence-corrected chi connectivity index (χ3v) is 5.50. The highest BCUT2D eigenvalue weighted by Gasteiger charge is 2.30. The summed E-state index contributed by atoms with van der Waals surface area (Å²) >= 11 is 0. The SMILES string of the molecule is Cc1nc2ccccc2n1CC1CC(C(=O)NCC(C)c2ccccc2)NN1. The number of nitrogens with zero attached hydrogens (tertiary/aromatic N) is 2. The summed E-state index contributed by atoms with van der Waals surface area (Å²) in [5.74, 6) is 1.33. The summed E-state index contributed by atoms with van der Waals surface area (Å²) < 4.78 is 2.21. The number of imidazole rings is 1. The van der Waals surface area contributed by atoms with Gasteiger partial charge < -0.3 is 9.88 Å². The molecule has 0 spiro atoms. The van der Waals surface area contributed by atoms with Crippen LogP contribution in [-0.2, 0) is 11.3 Å². The fraction of sp³-hybridized carbons (Fsp3) is 0.364. The summed E-state index contributed by atoms with van der Waals surface area (Å²) in [4.78, 5) is 17.2. The highest BCUT2D eigenvalue weighted by molar-refractivity contribution is 5.82. The monoisotopic (exact) mass is 377 g/mol. The smallest absolute Gasteiger partial charge is 0.238 e. The van der Waals surface area contributed by atoms with Crippen molar-refractivity contribution in [1.82, 2.24) is 25.7 Å². The van der Waals surface area contributed by atoms with E-state index in [-0.39, 0.29) is 23.9 Å². The molecule has 3 atom stereocenters. The van der Waals surface area contributed by atoms with Gasteiger partial charge in [0.15, 0.2) is 0 Å². The van der Waals surface area contributed by atoms with Crippen LogP contribution in [0.2, 0.25) is 0 Å². The van der Waals surface area contributed by atoms with Crippen LogP contribution in [-0.4, -0.2) is 34.1 Å². The molecule has 6 nitrogen and oxygen atoms in total. The first-order valence-electron chi connectivity index (χ1n) is 9.87. The van der Waals surface area contributed by atoms with Crippen LogP contribution in [0.15, 0.2) is 54.6 Å². The van der Waals surface area contributed by atoms with E-state index in [0.29, 0.717) is 6.54 Å². The van der Waals surface area contributed by atoms with E-state index in [9.17, 15) is 4.79 Å². The Morgan fingerprint density at radius 3 is 2.75 bits per heavy atom. The van der Waals surface area contributed by atoms with Gasteiger partial charge in [0.1, 0.15) is 11.9 Å². The number of hydrogen-bond donors (Lipinski definition) is 3. The normalized spacial score (nSPS) is 20.4. The van der Waals surface area contributed by atoms with Gasteiger partial charge in [0.25, 0.3) is 0 Å². The Morgan fingerprint density at radius 1 is 1.18 bits per heavy atom. The fourth-order valence-corrected chi connectivity index (χ4v) is 3.84. The number of para-hydroxylation sites is 2. The molecule has 3 aromatic rings. The number of hydrogen-bond acceptors (Lipinski definition) is 4. The summed E-state index contributed by atoms with van der Waals surface area (Å²) in [5.41, 5.74) is 9.81. The zero-order valence-corrected chi connectivity index (χ0v) is 16.4. The lowest BCUT2D eigenvalue weighted by Crippen LogP contribution is -2.44. The van der Waals surface area contributed by atoms with E-state index in [1.54, 1.807) is 0 Å². The van der Waals surface area contributed by atoms with Crippen LogP contribution in [0.1, 0.15) is 30.7 Å². The van der Waals surface area contributed by atoms with Crippen LogP contribution in [0.4, 0.5) is 0 Å². The Balaban J connectivity index is 1.32. The molecule has 0 saturated carbocycles. The number of rotatable bonds is 6. The molecule has 28 heavy (non-hydrogen) atoms. The van der Waals surface area contributed by atoms with Gasteiger partial charge in [-0.05, 0) is 37.0 Å². The minimum atomic E-state index is -0.219. The van der Waals surface area contributed by atoms with Crippen molar-refractivity contribution in [2.45, 2.75) is 44.8 Å². The number of aryl methyl sites for hydroxylation is 1. The number of carbonyl (C=O) groups excluding carboxylic acids is 1. The molecule has 0 aliphatic carbocycles. The molecule has 1 aromatic heterocycles. The Morgan fingerprint density at radius 2 is 1.93 bits per heavy atom. The highest BCUT2D eigenvalue weighted by atomic mass is 16.2. The standard InChI is InChI=1S/C22H27N5O/c1-15(17-8-4-3-5-9-17)13-23-22(28)20-12-18(25-26-20)14-27-16(2)24-19-10-6-7-11-21(19)27/h3-11,15,18,20,25-26H,12-14H2,1-2H3,(H,23,28). The second kappa shape index (κ2) is 8.12. The number of carbonyl (C=O) groups is 1. The van der Waals surface area contributed by atoms with E-state index in [1.165, 1.54) is 5.56 Å². The van der Waals surface area contributed by atoms with Gasteiger partial charge in [-0.2, -0.15) is 0 Å². The largest absolute Gasteiger partial charge is 0.354 e. The molecular formula is C22H27N5O. The second-order valence-electron chi connectivity index (χ2n) is 7.59. The van der Waals surface area contributed by atoms with Crippen molar-refractivity contribution in [3.8, 4) is 0 Å². The first kappa shape index (κ1) is 18.7. The molecular weight excluding hydrogens is 350 g/mol. The van der Waals surface area contributed by atoms with Crippen LogP contribution in [0.3, 0.4) is 0 Å². The molecule has 1 aliphatic heterocycles. The van der Waals surface area contributed by atoms with E-state index < -0.39 is 0 Å². The Labute approximate surface area is 165 Å². The molecule has 3 N–H and O–H groups in total. The summed E-state index contributed by atoms with van der Waals surface area (Å²) in [6.45, 7) is 5.57. The average Bonchev–Trinajstić information content (AvgIpc) is 3.32. The highest BCUT2D eigenvalue weighted by Crippen LogP contribution is 2.18. The molecule has 6 heteroatoms. The summed E-state index contributed by atoms with van der Waals surface area (Å²) in [6.07, 6.45) is 0.748. The number of nitrogens with one attached hydrogen (secondary N) is 3. The van der Waals surface area contributed by atoms with Crippen molar-refractivity contribution < 1.29 is 4.79 Å². The van der Waals surface area contributed by atoms with Crippen LogP contribution < -0.4 is 16.2 Å². The lowest BCUT2D eigenvalue weighted by Gasteiger charge is -2.15. The summed E-state index contributed by atoms with van der Waals surface area (Å²) in [7, 11) is 0. The van der Waals surface area contributed by atoms with Gasteiger partial charge in [-0.25, -0.2) is 10.4 Å². The van der Waals surface area contributed by atoms with Gasteiger partial charge in [0.05, 0.1) is 11.0 Å². The van der Waals surface area contributed by atoms with Crippen LogP contribution >= 0.6 is 0 Å². The average molecular weight is 377 g/mol. The molecule has 2 heterocycles. The van der Waals surface area contributed by atoms with Crippen molar-refractivity contribution in [3.05, 3.63) is 66.0 Å². The van der Waals surface area contributed by atoms with Crippen LogP contribution in [0.5, 0.6) is 0 Å². The molecule has 1 aliphatic rings. The molecule has 1 saturated heterocycles. The van der Waals surface area contributed by atoms with Gasteiger partial charge >= 0.3 is 0 Å². The van der Waals surface area contributed by atoms with Crippen molar-refractivity contribution in [3.63, 3.8) is 0 Å². The third kappa shape index (κ3) is 3.93. The minimum Gasteiger partial charge on any atom is -0.354 e. The van der Waals surface area contributed by atoms with Crippen molar-refractivity contribution in [1.29, 1.82) is 0 Å². The first-order valence-corrected chi connectivity index (χ1v) is 9.87. The Bertz CT molecular complexity index is 952. The van der Waals surface area contributed by atoms with Crippen molar-refractivity contribution in [2.75, 3.05) is 6.54 Å². The topological polar surface area (TPSA) is 71.0 Å². The molecule has 1 amide bonds. The third-order valence-electron chi connectivity index (χ3n) is 5.50. The van der Waals surface area contributed by atoms with Gasteiger partial charge in [-0.15, -0.1) is 0 Å². The maximum absolute atomic E-state index is 12.6. The molecule has 2 aromatic carbocycles. The molecule has 1 fully saturated rings. The van der Waals surface area contributed by atoms with Gasteiger partial charge in [-0.1, -0.05) is 49.4 Å². The molecule has 4 rings (SSSR count). The first-order chi connectivity index (χ1) is 13.6. The van der Waals surface area contributed by atoms with Gasteiger partial charge in [-0.3, -0.25) is 10.2 Å². The fourth-order valence-electron chi connectivity index (χ4n) is 3.84. The minimum absolute atomic E-state index is 0.0463. The number of amides is 1. The van der Waals surface area contributed by atoms with Gasteiger partial charge in [0.2, 0.25) is 5.91 Å². The van der Waals surface area contributed by atoms with E-state index in [2.05, 4.69) is 50.8 Å². The zero-order chi connectivity index (χ0) is 19.5. The van der Waals surface area contributed by atoms with Crippen molar-refractivity contribution in [2.24, 2.45) is 0 Å². The predicted molar refractivity (Wildman–Crippen MR) is 111 cm³/mol. The lowest BCUT2D eigenvalue weighted by atomic mass is 10.0. The molecule has 0 bridgehead atoms. The quantitative estimate of drug-likeness (QED) is 0.617. The molecule has 0 radical (unpaired) electrons. The van der Waals surface area contributed by atoms with E-state index in [1.807, 2.05) is 43.3 Å². The number of benzene rings is 2. The molecule has 3 unspecified atom stereocenters. The lowest BCUT2D eigenvalue weighted by molar-refractivity contribution is -0.122. The number of fused-ring (bicyclic) bond motifs is 1. The zero-order valence-electron chi connectivity index (χ0n) is 16.4. The predicted octanol–water partition coefficient (Wildman–Crippen LogP) is 2.50. The van der Waals surface area contributed by atoms with E-state index >= 15 is 0 Å². The summed E-state index contributed by atoms with van der Waals surface area (Å²) in [5, 5.41) is 3.08. The Kier molecular flexibility index (Phi) is 5.41. The molecule has 146 valence electrons. The van der Waals surface area contributed by atoms with Gasteiger partial charge in [0, 0.05) is 19.1 Å². The second-order valence-corrected chi connectivity index (χ2v) is 7.59. The maximum Gasteiger partial charge on any atom is 0.238 e.